The van der Waals surface area contributed by atoms with E-state index in [4.69, 9.17) is 0 Å². The lowest BCUT2D eigenvalue weighted by atomic mass is 10.0. The van der Waals surface area contributed by atoms with Crippen LogP contribution in [0.25, 0.3) is 0 Å². The molecule has 0 spiro atoms. The Morgan fingerprint density at radius 3 is 1.98 bits per heavy atom. The number of aryl methyl sites for hydroxylation is 1. The minimum Gasteiger partial charge on any atom is -0.354 e. The molecule has 230 valence electrons. The van der Waals surface area contributed by atoms with E-state index in [0.29, 0.717) is 17.8 Å². The predicted octanol–water partition coefficient (Wildman–Crippen LogP) is 5.74. The largest absolute Gasteiger partial charge is 0.354 e. The number of carbonyl (C=O) groups excluding carboxylic acids is 2. The Kier molecular flexibility index (Phi) is 10.9. The van der Waals surface area contributed by atoms with E-state index in [0.717, 1.165) is 15.4 Å². The molecule has 7 nitrogen and oxygen atoms in total. The van der Waals surface area contributed by atoms with Gasteiger partial charge in [-0.3, -0.25) is 13.9 Å². The van der Waals surface area contributed by atoms with Crippen LogP contribution in [0.1, 0.15) is 30.5 Å². The van der Waals surface area contributed by atoms with E-state index in [1.165, 1.54) is 29.2 Å². The summed E-state index contributed by atoms with van der Waals surface area (Å²) in [6.07, 6.45) is 0.202. The molecule has 9 heteroatoms. The Hall–Kier alpha value is -4.50. The van der Waals surface area contributed by atoms with Gasteiger partial charge in [-0.15, -0.1) is 0 Å². The first kappa shape index (κ1) is 32.4. The van der Waals surface area contributed by atoms with E-state index in [2.05, 4.69) is 5.32 Å². The molecular weight excluding hydrogens is 577 g/mol. The second-order valence-electron chi connectivity index (χ2n) is 11.2. The fourth-order valence-electron chi connectivity index (χ4n) is 4.72. The van der Waals surface area contributed by atoms with E-state index < -0.39 is 34.3 Å². The lowest BCUT2D eigenvalue weighted by molar-refractivity contribution is -0.140. The minimum atomic E-state index is -4.17. The van der Waals surface area contributed by atoms with Gasteiger partial charge >= 0.3 is 0 Å². The average molecular weight is 616 g/mol. The number of nitrogens with one attached hydrogen (secondary N) is 1. The summed E-state index contributed by atoms with van der Waals surface area (Å²) in [6.45, 7) is 5.63. The molecule has 0 bridgehead atoms. The Labute approximate surface area is 259 Å². The summed E-state index contributed by atoms with van der Waals surface area (Å²) in [5, 5.41) is 2.95. The van der Waals surface area contributed by atoms with Crippen molar-refractivity contribution in [2.24, 2.45) is 5.92 Å². The number of anilines is 1. The zero-order valence-electron chi connectivity index (χ0n) is 25.2. The van der Waals surface area contributed by atoms with Gasteiger partial charge in [-0.2, -0.15) is 0 Å². The normalized spacial score (nSPS) is 12.0. The Morgan fingerprint density at radius 2 is 1.39 bits per heavy atom. The van der Waals surface area contributed by atoms with Crippen LogP contribution in [0.3, 0.4) is 0 Å². The second-order valence-corrected chi connectivity index (χ2v) is 13.0. The van der Waals surface area contributed by atoms with Crippen molar-refractivity contribution in [3.8, 4) is 0 Å². The van der Waals surface area contributed by atoms with Crippen LogP contribution in [0.4, 0.5) is 10.1 Å². The van der Waals surface area contributed by atoms with Crippen LogP contribution in [0, 0.1) is 18.7 Å². The van der Waals surface area contributed by atoms with Crippen molar-refractivity contribution >= 4 is 27.5 Å². The average Bonchev–Trinajstić information content (AvgIpc) is 3.02. The van der Waals surface area contributed by atoms with E-state index >= 15 is 0 Å². The summed E-state index contributed by atoms with van der Waals surface area (Å²) in [5.74, 6) is -1.19. The Morgan fingerprint density at radius 1 is 0.795 bits per heavy atom. The van der Waals surface area contributed by atoms with Crippen LogP contribution >= 0.6 is 0 Å². The van der Waals surface area contributed by atoms with E-state index in [-0.39, 0.29) is 29.7 Å². The van der Waals surface area contributed by atoms with Crippen molar-refractivity contribution in [1.29, 1.82) is 0 Å². The summed E-state index contributed by atoms with van der Waals surface area (Å²) >= 11 is 0. The van der Waals surface area contributed by atoms with Crippen molar-refractivity contribution in [3.63, 3.8) is 0 Å². The van der Waals surface area contributed by atoms with Gasteiger partial charge in [-0.25, -0.2) is 12.8 Å². The molecule has 0 aliphatic carbocycles. The number of benzene rings is 4. The highest BCUT2D eigenvalue weighted by atomic mass is 32.2. The summed E-state index contributed by atoms with van der Waals surface area (Å²) < 4.78 is 42.9. The van der Waals surface area contributed by atoms with Crippen molar-refractivity contribution in [2.75, 3.05) is 17.4 Å². The molecule has 0 aromatic heterocycles. The first-order chi connectivity index (χ1) is 21.0. The third kappa shape index (κ3) is 8.54. The monoisotopic (exact) mass is 615 g/mol. The predicted molar refractivity (Wildman–Crippen MR) is 171 cm³/mol. The highest BCUT2D eigenvalue weighted by Gasteiger charge is 2.34. The molecule has 1 N–H and O–H groups in total. The minimum absolute atomic E-state index is 0.0288. The highest BCUT2D eigenvalue weighted by Crippen LogP contribution is 2.25. The molecule has 0 saturated carbocycles. The molecule has 44 heavy (non-hydrogen) atoms. The van der Waals surface area contributed by atoms with Crippen molar-refractivity contribution in [3.05, 3.63) is 132 Å². The standard InChI is InChI=1S/C35H38FN3O4S/c1-26(2)23-37-35(41)33(22-28-10-6-4-7-11-28)38(24-29-16-18-30(36)19-17-29)34(40)25-39(31-12-8-5-9-13-31)44(42,43)32-20-14-27(3)15-21-32/h4-21,26,33H,22-25H2,1-3H3,(H,37,41)/t33-/m0/s1. The van der Waals surface area contributed by atoms with Crippen LogP contribution in [-0.4, -0.2) is 44.3 Å². The van der Waals surface area contributed by atoms with Gasteiger partial charge in [0.2, 0.25) is 11.8 Å². The molecule has 0 radical (unpaired) electrons. The van der Waals surface area contributed by atoms with Crippen molar-refractivity contribution in [1.82, 2.24) is 10.2 Å². The van der Waals surface area contributed by atoms with Crippen LogP contribution in [0.15, 0.2) is 114 Å². The summed E-state index contributed by atoms with van der Waals surface area (Å²) in [4.78, 5) is 29.6. The Bertz CT molecular complexity index is 1630. The maximum absolute atomic E-state index is 14.4. The lowest BCUT2D eigenvalue weighted by Crippen LogP contribution is -2.53. The molecule has 2 amide bonds. The fourth-order valence-corrected chi connectivity index (χ4v) is 6.14. The number of halogens is 1. The molecule has 0 aliphatic heterocycles. The van der Waals surface area contributed by atoms with Crippen LogP contribution < -0.4 is 9.62 Å². The molecule has 4 rings (SSSR count). The topological polar surface area (TPSA) is 86.8 Å². The van der Waals surface area contributed by atoms with Gasteiger partial charge in [0.05, 0.1) is 10.6 Å². The van der Waals surface area contributed by atoms with Gasteiger partial charge in [-0.05, 0) is 60.4 Å². The van der Waals surface area contributed by atoms with Gasteiger partial charge in [-0.1, -0.05) is 92.2 Å². The number of hydrogen-bond acceptors (Lipinski definition) is 4. The van der Waals surface area contributed by atoms with E-state index in [9.17, 15) is 22.4 Å². The maximum Gasteiger partial charge on any atom is 0.264 e. The molecule has 4 aromatic carbocycles. The van der Waals surface area contributed by atoms with Gasteiger partial charge < -0.3 is 10.2 Å². The molecule has 0 unspecified atom stereocenters. The molecule has 4 aromatic rings. The molecule has 0 fully saturated rings. The van der Waals surface area contributed by atoms with Crippen LogP contribution in [-0.2, 0) is 32.6 Å². The zero-order chi connectivity index (χ0) is 31.7. The number of rotatable bonds is 13. The fraction of sp³-hybridized carbons (Fsp3) is 0.257. The van der Waals surface area contributed by atoms with Gasteiger partial charge in [0.15, 0.2) is 0 Å². The van der Waals surface area contributed by atoms with Crippen molar-refractivity contribution < 1.29 is 22.4 Å². The van der Waals surface area contributed by atoms with Gasteiger partial charge in [0, 0.05) is 19.5 Å². The number of amides is 2. The summed E-state index contributed by atoms with van der Waals surface area (Å²) in [7, 11) is -4.17. The smallest absolute Gasteiger partial charge is 0.264 e. The Balaban J connectivity index is 1.77. The van der Waals surface area contributed by atoms with Gasteiger partial charge in [0.25, 0.3) is 10.0 Å². The van der Waals surface area contributed by atoms with E-state index in [1.54, 1.807) is 54.6 Å². The second kappa shape index (κ2) is 14.8. The molecular formula is C35H38FN3O4S. The number of nitrogens with zero attached hydrogens (tertiary/aromatic N) is 2. The van der Waals surface area contributed by atoms with Crippen LogP contribution in [0.2, 0.25) is 0 Å². The first-order valence-electron chi connectivity index (χ1n) is 14.5. The first-order valence-corrected chi connectivity index (χ1v) is 16.0. The van der Waals surface area contributed by atoms with Crippen molar-refractivity contribution in [2.45, 2.75) is 44.7 Å². The summed E-state index contributed by atoms with van der Waals surface area (Å²) in [5.41, 5.74) is 2.64. The van der Waals surface area contributed by atoms with E-state index in [1.807, 2.05) is 51.1 Å². The maximum atomic E-state index is 14.4. The third-order valence-electron chi connectivity index (χ3n) is 7.15. The number of sulfonamides is 1. The summed E-state index contributed by atoms with van der Waals surface area (Å²) in [6, 6.07) is 28.9. The number of carbonyl (C=O) groups is 2. The number of hydrogen-bond donors (Lipinski definition) is 1. The zero-order valence-corrected chi connectivity index (χ0v) is 26.0. The highest BCUT2D eigenvalue weighted by molar-refractivity contribution is 7.92. The van der Waals surface area contributed by atoms with Crippen LogP contribution in [0.5, 0.6) is 0 Å². The molecule has 0 saturated heterocycles. The lowest BCUT2D eigenvalue weighted by Gasteiger charge is -2.34. The molecule has 0 aliphatic rings. The van der Waals surface area contributed by atoms with Gasteiger partial charge in [0.1, 0.15) is 18.4 Å². The molecule has 0 heterocycles. The molecule has 1 atom stereocenters. The quantitative estimate of drug-likeness (QED) is 0.208. The SMILES string of the molecule is Cc1ccc(S(=O)(=O)N(CC(=O)N(Cc2ccc(F)cc2)[C@@H](Cc2ccccc2)C(=O)NCC(C)C)c2ccccc2)cc1. The number of para-hydroxylation sites is 1. The third-order valence-corrected chi connectivity index (χ3v) is 8.94.